The molecule has 3 nitrogen and oxygen atoms in total. The molecule has 3 aliphatic rings. The van der Waals surface area contributed by atoms with Gasteiger partial charge in [0, 0.05) is 17.0 Å². The van der Waals surface area contributed by atoms with Gasteiger partial charge in [0.1, 0.15) is 12.1 Å². The SMILES string of the molecule is CC1=CC2=C(CC1)C(c1cc(C#N)c(C#N)cc1-n1c3c(c4cc(C)ccc41)CC(C)C=C3)c1ccc(C)cc12. The molecule has 0 amide bonds. The Morgan fingerprint density at radius 3 is 2.40 bits per heavy atom. The molecule has 0 aliphatic heterocycles. The Morgan fingerprint density at radius 1 is 0.850 bits per heavy atom. The Morgan fingerprint density at radius 2 is 1.60 bits per heavy atom. The van der Waals surface area contributed by atoms with E-state index in [1.54, 1.807) is 0 Å². The number of nitrogens with zero attached hydrogens (tertiary/aromatic N) is 3. The van der Waals surface area contributed by atoms with Gasteiger partial charge in [-0.2, -0.15) is 10.5 Å². The van der Waals surface area contributed by atoms with Crippen molar-refractivity contribution in [3.63, 3.8) is 0 Å². The Bertz CT molecular complexity index is 1940. The number of aryl methyl sites for hydroxylation is 2. The predicted molar refractivity (Wildman–Crippen MR) is 162 cm³/mol. The third-order valence-corrected chi connectivity index (χ3v) is 9.02. The number of nitriles is 2. The van der Waals surface area contributed by atoms with Gasteiger partial charge in [0.25, 0.3) is 0 Å². The molecule has 0 saturated carbocycles. The average molecular weight is 518 g/mol. The summed E-state index contributed by atoms with van der Waals surface area (Å²) in [4.78, 5) is 0. The molecule has 0 saturated heterocycles. The summed E-state index contributed by atoms with van der Waals surface area (Å²) in [6.45, 7) is 8.79. The van der Waals surface area contributed by atoms with Gasteiger partial charge >= 0.3 is 0 Å². The number of aromatic nitrogens is 1. The van der Waals surface area contributed by atoms with E-state index in [0.29, 0.717) is 17.0 Å². The van der Waals surface area contributed by atoms with Crippen molar-refractivity contribution in [2.75, 3.05) is 0 Å². The van der Waals surface area contributed by atoms with Crippen LogP contribution in [0.1, 0.15) is 82.8 Å². The largest absolute Gasteiger partial charge is 0.309 e. The predicted octanol–water partition coefficient (Wildman–Crippen LogP) is 8.84. The third-order valence-electron chi connectivity index (χ3n) is 9.02. The maximum absolute atomic E-state index is 10.1. The summed E-state index contributed by atoms with van der Waals surface area (Å²) in [5, 5.41) is 21.5. The Labute approximate surface area is 236 Å². The maximum Gasteiger partial charge on any atom is 0.101 e. The molecule has 2 unspecified atom stereocenters. The van der Waals surface area contributed by atoms with Gasteiger partial charge in [-0.1, -0.05) is 65.6 Å². The van der Waals surface area contributed by atoms with Crippen LogP contribution in [0.4, 0.5) is 0 Å². The molecular weight excluding hydrogens is 486 g/mol. The molecule has 0 radical (unpaired) electrons. The second-order valence-electron chi connectivity index (χ2n) is 11.9. The molecule has 1 aromatic heterocycles. The molecule has 3 aromatic carbocycles. The molecule has 194 valence electrons. The van der Waals surface area contributed by atoms with E-state index < -0.39 is 0 Å². The van der Waals surface area contributed by atoms with Gasteiger partial charge in [-0.3, -0.25) is 0 Å². The quantitative estimate of drug-likeness (QED) is 0.267. The fraction of sp³-hybridized carbons (Fsp3) is 0.243. The Kier molecular flexibility index (Phi) is 5.48. The van der Waals surface area contributed by atoms with Crippen molar-refractivity contribution >= 4 is 22.6 Å². The van der Waals surface area contributed by atoms with Crippen LogP contribution in [-0.4, -0.2) is 4.57 Å². The highest BCUT2D eigenvalue weighted by Crippen LogP contribution is 2.52. The fourth-order valence-corrected chi connectivity index (χ4v) is 7.13. The van der Waals surface area contributed by atoms with Gasteiger partial charge in [0.05, 0.1) is 22.3 Å². The van der Waals surface area contributed by atoms with Crippen molar-refractivity contribution in [1.82, 2.24) is 4.57 Å². The summed E-state index contributed by atoms with van der Waals surface area (Å²) < 4.78 is 2.36. The van der Waals surface area contributed by atoms with E-state index in [0.717, 1.165) is 36.0 Å². The summed E-state index contributed by atoms with van der Waals surface area (Å²) >= 11 is 0. The van der Waals surface area contributed by atoms with E-state index >= 15 is 0 Å². The minimum Gasteiger partial charge on any atom is -0.309 e. The van der Waals surface area contributed by atoms with Crippen LogP contribution in [0.5, 0.6) is 0 Å². The molecule has 1 heterocycles. The zero-order valence-corrected chi connectivity index (χ0v) is 23.5. The summed E-state index contributed by atoms with van der Waals surface area (Å²) in [6, 6.07) is 22.1. The highest BCUT2D eigenvalue weighted by atomic mass is 15.0. The van der Waals surface area contributed by atoms with Crippen LogP contribution in [0, 0.1) is 42.4 Å². The zero-order valence-electron chi connectivity index (χ0n) is 23.5. The van der Waals surface area contributed by atoms with Crippen LogP contribution in [0.2, 0.25) is 0 Å². The molecule has 4 aromatic rings. The number of hydrogen-bond donors (Lipinski definition) is 0. The molecule has 0 bridgehead atoms. The molecule has 40 heavy (non-hydrogen) atoms. The number of benzene rings is 3. The van der Waals surface area contributed by atoms with E-state index in [4.69, 9.17) is 0 Å². The summed E-state index contributed by atoms with van der Waals surface area (Å²) in [7, 11) is 0. The van der Waals surface area contributed by atoms with Crippen molar-refractivity contribution in [2.24, 2.45) is 5.92 Å². The number of hydrogen-bond acceptors (Lipinski definition) is 2. The molecule has 2 atom stereocenters. The lowest BCUT2D eigenvalue weighted by Crippen LogP contribution is -2.12. The fourth-order valence-electron chi connectivity index (χ4n) is 7.13. The first-order valence-corrected chi connectivity index (χ1v) is 14.2. The number of fused-ring (bicyclic) bond motifs is 5. The lowest BCUT2D eigenvalue weighted by atomic mass is 9.82. The molecular formula is C37H31N3. The molecule has 0 spiro atoms. The van der Waals surface area contributed by atoms with Crippen molar-refractivity contribution in [3.05, 3.63) is 122 Å². The van der Waals surface area contributed by atoms with E-state index in [2.05, 4.69) is 99.0 Å². The van der Waals surface area contributed by atoms with E-state index in [1.165, 1.54) is 55.6 Å². The smallest absolute Gasteiger partial charge is 0.101 e. The minimum atomic E-state index is 0.0369. The molecule has 3 heteroatoms. The lowest BCUT2D eigenvalue weighted by molar-refractivity contribution is 0.717. The van der Waals surface area contributed by atoms with Crippen LogP contribution < -0.4 is 0 Å². The van der Waals surface area contributed by atoms with Gasteiger partial charge < -0.3 is 4.57 Å². The summed E-state index contributed by atoms with van der Waals surface area (Å²) in [6.07, 6.45) is 9.95. The summed E-state index contributed by atoms with van der Waals surface area (Å²) in [5.41, 5.74) is 15.9. The average Bonchev–Trinajstić information content (AvgIpc) is 3.43. The van der Waals surface area contributed by atoms with Crippen LogP contribution >= 0.6 is 0 Å². The van der Waals surface area contributed by atoms with Gasteiger partial charge in [0.15, 0.2) is 0 Å². The Balaban J connectivity index is 1.59. The zero-order chi connectivity index (χ0) is 27.7. The molecule has 3 aliphatic carbocycles. The van der Waals surface area contributed by atoms with Crippen molar-refractivity contribution in [1.29, 1.82) is 10.5 Å². The van der Waals surface area contributed by atoms with Crippen LogP contribution in [0.15, 0.2) is 71.8 Å². The molecule has 0 N–H and O–H groups in total. The van der Waals surface area contributed by atoms with Gasteiger partial charge in [-0.25, -0.2) is 0 Å². The van der Waals surface area contributed by atoms with Gasteiger partial charge in [0.2, 0.25) is 0 Å². The molecule has 7 rings (SSSR count). The highest BCUT2D eigenvalue weighted by Gasteiger charge is 2.36. The first-order chi connectivity index (χ1) is 19.4. The first kappa shape index (κ1) is 24.4. The van der Waals surface area contributed by atoms with Crippen LogP contribution in [0.3, 0.4) is 0 Å². The molecule has 0 fully saturated rings. The third kappa shape index (κ3) is 3.55. The van der Waals surface area contributed by atoms with E-state index in [9.17, 15) is 10.5 Å². The Hall–Kier alpha value is -4.60. The number of allylic oxidation sites excluding steroid dienone is 5. The lowest BCUT2D eigenvalue weighted by Gasteiger charge is -2.25. The van der Waals surface area contributed by atoms with Crippen LogP contribution in [-0.2, 0) is 6.42 Å². The van der Waals surface area contributed by atoms with Crippen LogP contribution in [0.25, 0.3) is 28.2 Å². The van der Waals surface area contributed by atoms with E-state index in [1.807, 2.05) is 12.1 Å². The van der Waals surface area contributed by atoms with Crippen molar-refractivity contribution < 1.29 is 0 Å². The van der Waals surface area contributed by atoms with Gasteiger partial charge in [-0.05, 0) is 104 Å². The topological polar surface area (TPSA) is 52.5 Å². The summed E-state index contributed by atoms with van der Waals surface area (Å²) in [5.74, 6) is 0.506. The van der Waals surface area contributed by atoms with Crippen molar-refractivity contribution in [3.8, 4) is 17.8 Å². The highest BCUT2D eigenvalue weighted by molar-refractivity contribution is 5.93. The minimum absolute atomic E-state index is 0.0369. The van der Waals surface area contributed by atoms with Crippen molar-refractivity contribution in [2.45, 2.75) is 52.9 Å². The van der Waals surface area contributed by atoms with Gasteiger partial charge in [-0.15, -0.1) is 0 Å². The maximum atomic E-state index is 10.1. The first-order valence-electron chi connectivity index (χ1n) is 14.2. The van der Waals surface area contributed by atoms with E-state index in [-0.39, 0.29) is 5.92 Å². The second kappa shape index (κ2) is 8.97. The second-order valence-corrected chi connectivity index (χ2v) is 11.9. The number of rotatable bonds is 2. The standard InChI is InChI=1S/C37H31N3/c1-21-5-9-27-29(13-21)30-14-22(2)6-10-28(30)37(27)33-17-25(19-38)26(20-39)18-36(33)40-34-11-7-23(3)15-31(34)32-16-24(4)8-12-35(32)40/h5,7-9,11-15,17-18,24,37H,6,10,16H2,1-4H3. The monoisotopic (exact) mass is 517 g/mol. The normalized spacial score (nSPS) is 19.1.